The molecule has 0 atom stereocenters. The van der Waals surface area contributed by atoms with Crippen molar-refractivity contribution in [2.45, 2.75) is 179 Å². The molecule has 3 aliphatic heterocycles. The molecule has 26 nitrogen and oxygen atoms in total. The van der Waals surface area contributed by atoms with Crippen molar-refractivity contribution in [1.82, 2.24) is 111 Å². The summed E-state index contributed by atoms with van der Waals surface area (Å²) in [6.45, 7) is 26.5. The monoisotopic (exact) mass is 1270 g/mol. The summed E-state index contributed by atoms with van der Waals surface area (Å²) < 4.78 is 7.55. The Morgan fingerprint density at radius 2 is 0.883 bits per heavy atom. The summed E-state index contributed by atoms with van der Waals surface area (Å²) in [5.41, 5.74) is 11.1. The van der Waals surface area contributed by atoms with E-state index in [1.165, 1.54) is 0 Å². The number of carbonyl (C=O) groups is 1. The van der Waals surface area contributed by atoms with Gasteiger partial charge >= 0.3 is 0 Å². The van der Waals surface area contributed by atoms with E-state index in [2.05, 4.69) is 176 Å². The van der Waals surface area contributed by atoms with Gasteiger partial charge in [0, 0.05) is 87.4 Å². The van der Waals surface area contributed by atoms with Crippen LogP contribution in [0.5, 0.6) is 17.2 Å². The smallest absolute Gasteiger partial charge is 0.201 e. The number of nitrogens with one attached hydrogen (secondary N) is 4. The Morgan fingerprint density at radius 3 is 1.30 bits per heavy atom. The molecule has 0 spiro atoms. The lowest BCUT2D eigenvalue weighted by atomic mass is 9.79. The summed E-state index contributed by atoms with van der Waals surface area (Å²) in [5.74, 6) is 1.06. The number of phenols is 3. The van der Waals surface area contributed by atoms with Gasteiger partial charge in [-0.05, 0) is 187 Å². The van der Waals surface area contributed by atoms with Gasteiger partial charge in [-0.3, -0.25) is 4.79 Å². The number of allylic oxidation sites excluding steroid dienone is 4. The van der Waals surface area contributed by atoms with E-state index in [1.54, 1.807) is 55.1 Å². The number of H-pyrrole nitrogens is 1. The van der Waals surface area contributed by atoms with Crippen LogP contribution in [-0.4, -0.2) is 149 Å². The van der Waals surface area contributed by atoms with E-state index in [4.69, 9.17) is 0 Å². The molecule has 0 bridgehead atoms. The van der Waals surface area contributed by atoms with Crippen LogP contribution in [0.15, 0.2) is 104 Å². The first kappa shape index (κ1) is 63.0. The standard InChI is InChI=1S/C25H28N6O2.C22H26N8O.C21H26N8O/c1-24(2)13-17(14-25(3,4)29-24)31-23-21(27-30-31)12-20(26-28-23)19-9-8-16(11-22(19)33)15-6-5-7-18(32)10-15;1-21(2)11-14(12-22(3,4)28-21)30-20-17(26-29-30)10-16(25-27-20)15-6-5-13(9-18(15)31)19-23-7-8-24-19;1-20(2)9-12(10-21(3,4)26-20)29-19-16(24-27-29)7-14(23-25-19)13-6-15-17(8-18(13)30)28(5)11-22-15/h5-6,8-12,17,29,33H,7,13-14H2,1-4H3;5-10,14,28,31H,11-12H2,1-4H3,(H,23,24);6-8,11-12,26,30H,9-10H2,1-5H3. The number of hydrogen-bond donors (Lipinski definition) is 7. The second-order valence-corrected chi connectivity index (χ2v) is 29.6. The van der Waals surface area contributed by atoms with Crippen LogP contribution in [0.25, 0.3) is 95.3 Å². The Kier molecular flexibility index (Phi) is 15.6. The summed E-state index contributed by atoms with van der Waals surface area (Å²) in [4.78, 5) is 23.3. The number of aryl methyl sites for hydroxylation is 1. The van der Waals surface area contributed by atoms with E-state index in [0.29, 0.717) is 79.5 Å². The summed E-state index contributed by atoms with van der Waals surface area (Å²) in [5, 5.41) is 95.7. The minimum Gasteiger partial charge on any atom is -0.507 e. The molecule has 94 heavy (non-hydrogen) atoms. The molecule has 8 aromatic heterocycles. The summed E-state index contributed by atoms with van der Waals surface area (Å²) in [7, 11) is 1.89. The maximum Gasteiger partial charge on any atom is 0.201 e. The number of ketones is 1. The molecule has 3 saturated heterocycles. The average Bonchev–Trinajstić information content (AvgIpc) is 1.52. The molecule has 11 heterocycles. The Bertz CT molecular complexity index is 4730. The van der Waals surface area contributed by atoms with Crippen molar-refractivity contribution in [2.75, 3.05) is 0 Å². The second-order valence-electron chi connectivity index (χ2n) is 29.6. The van der Waals surface area contributed by atoms with Crippen molar-refractivity contribution in [2.24, 2.45) is 7.05 Å². The van der Waals surface area contributed by atoms with Crippen molar-refractivity contribution < 1.29 is 20.1 Å². The van der Waals surface area contributed by atoms with Gasteiger partial charge in [0.2, 0.25) is 16.9 Å². The lowest BCUT2D eigenvalue weighted by Gasteiger charge is -2.46. The molecule has 0 saturated carbocycles. The van der Waals surface area contributed by atoms with Gasteiger partial charge in [-0.25, -0.2) is 24.0 Å². The van der Waals surface area contributed by atoms with Gasteiger partial charge in [-0.1, -0.05) is 39.9 Å². The predicted octanol–water partition coefficient (Wildman–Crippen LogP) is 10.4. The van der Waals surface area contributed by atoms with E-state index < -0.39 is 0 Å². The molecule has 486 valence electrons. The Balaban J connectivity index is 0.000000128. The topological polar surface area (TPSA) is 330 Å². The Hall–Kier alpha value is -9.79. The predicted molar refractivity (Wildman–Crippen MR) is 358 cm³/mol. The van der Waals surface area contributed by atoms with Crippen LogP contribution in [-0.2, 0) is 11.8 Å². The maximum atomic E-state index is 11.7. The maximum absolute atomic E-state index is 11.7. The summed E-state index contributed by atoms with van der Waals surface area (Å²) >= 11 is 0. The molecule has 3 aromatic carbocycles. The van der Waals surface area contributed by atoms with E-state index in [1.807, 2.05) is 74.2 Å². The number of aromatic nitrogens is 19. The number of imidazole rings is 2. The van der Waals surface area contributed by atoms with Gasteiger partial charge in [-0.15, -0.1) is 45.9 Å². The van der Waals surface area contributed by atoms with Crippen molar-refractivity contribution in [3.63, 3.8) is 0 Å². The number of rotatable bonds is 8. The van der Waals surface area contributed by atoms with Crippen molar-refractivity contribution in [1.29, 1.82) is 0 Å². The third-order valence-electron chi connectivity index (χ3n) is 17.9. The highest BCUT2D eigenvalue weighted by atomic mass is 16.3. The minimum atomic E-state index is -0.0286. The molecule has 26 heteroatoms. The molecule has 1 aliphatic carbocycles. The fourth-order valence-electron chi connectivity index (χ4n) is 15.1. The van der Waals surface area contributed by atoms with Gasteiger partial charge in [-0.2, -0.15) is 0 Å². The van der Waals surface area contributed by atoms with Crippen molar-refractivity contribution >= 4 is 55.9 Å². The van der Waals surface area contributed by atoms with Crippen LogP contribution in [0.1, 0.15) is 152 Å². The molecule has 4 aliphatic rings. The average molecular weight is 1270 g/mol. The fraction of sp³-hybridized carbons (Fsp3) is 0.426. The number of carbonyl (C=O) groups excluding carboxylic acids is 1. The third kappa shape index (κ3) is 13.0. The number of hydrogen-bond acceptors (Lipinski definition) is 21. The SMILES string of the molecule is CC1(C)CC(n2nnc3cc(-c4ccc(-c5ncc[nH]5)cc4O)nnc32)CC(C)(C)N1.CC1(C)CC(n2nnc3cc(-c4ccc(C5=CC(=O)CC=C5)cc4O)nnc32)CC(C)(C)N1.Cn1cnc2cc(-c3cc4nnn(C5CC(C)(C)NC(C)(C)C5)c4nn3)c(O)cc21. The normalized spacial score (nSPS) is 19.2. The zero-order valence-corrected chi connectivity index (χ0v) is 55.3. The van der Waals surface area contributed by atoms with Crippen molar-refractivity contribution in [3.05, 3.63) is 109 Å². The number of fused-ring (bicyclic) bond motifs is 4. The van der Waals surface area contributed by atoms with Gasteiger partial charge in [0.1, 0.15) is 39.6 Å². The first-order valence-corrected chi connectivity index (χ1v) is 31.8. The van der Waals surface area contributed by atoms with E-state index >= 15 is 0 Å². The fourth-order valence-corrected chi connectivity index (χ4v) is 15.1. The molecule has 7 N–H and O–H groups in total. The highest BCUT2D eigenvalue weighted by Crippen LogP contribution is 2.42. The lowest BCUT2D eigenvalue weighted by molar-refractivity contribution is -0.113. The quantitative estimate of drug-likeness (QED) is 0.0743. The highest BCUT2D eigenvalue weighted by Gasteiger charge is 2.42. The molecular weight excluding hydrogens is 1190 g/mol. The zero-order valence-electron chi connectivity index (χ0n) is 55.3. The van der Waals surface area contributed by atoms with Gasteiger partial charge in [0.05, 0.1) is 52.6 Å². The summed E-state index contributed by atoms with van der Waals surface area (Å²) in [6.07, 6.45) is 16.4. The number of piperidine rings is 3. The van der Waals surface area contributed by atoms with Crippen LogP contribution in [0.3, 0.4) is 0 Å². The van der Waals surface area contributed by atoms with Gasteiger partial charge in [0.25, 0.3) is 0 Å². The van der Waals surface area contributed by atoms with Crippen molar-refractivity contribution in [3.8, 4) is 62.4 Å². The minimum absolute atomic E-state index is 0.0120. The molecule has 0 amide bonds. The molecule has 15 rings (SSSR count). The van der Waals surface area contributed by atoms with Crippen LogP contribution in [0.2, 0.25) is 0 Å². The largest absolute Gasteiger partial charge is 0.507 e. The van der Waals surface area contributed by atoms with E-state index in [0.717, 1.165) is 66.3 Å². The van der Waals surface area contributed by atoms with Crippen LogP contribution in [0, 0.1) is 0 Å². The number of aromatic hydroxyl groups is 3. The first-order chi connectivity index (χ1) is 44.4. The second kappa shape index (κ2) is 23.3. The molecule has 0 unspecified atom stereocenters. The van der Waals surface area contributed by atoms with Crippen LogP contribution in [0.4, 0.5) is 0 Å². The highest BCUT2D eigenvalue weighted by molar-refractivity contribution is 6.02. The third-order valence-corrected chi connectivity index (χ3v) is 17.9. The Morgan fingerprint density at radius 1 is 0.468 bits per heavy atom. The zero-order chi connectivity index (χ0) is 66.4. The molecule has 11 aromatic rings. The lowest BCUT2D eigenvalue weighted by Crippen LogP contribution is -2.58. The van der Waals surface area contributed by atoms with Crippen LogP contribution >= 0.6 is 0 Å². The van der Waals surface area contributed by atoms with Gasteiger partial charge in [0.15, 0.2) is 5.78 Å². The molecule has 3 fully saturated rings. The molecule has 0 radical (unpaired) electrons. The van der Waals surface area contributed by atoms with E-state index in [-0.39, 0.29) is 74.4 Å². The summed E-state index contributed by atoms with van der Waals surface area (Å²) in [6, 6.07) is 20.2. The molecular formula is C68H80N22O4. The first-order valence-electron chi connectivity index (χ1n) is 31.8. The number of aromatic amines is 1. The number of phenolic OH excluding ortho intramolecular Hbond substituents is 3. The van der Waals surface area contributed by atoms with E-state index in [9.17, 15) is 20.1 Å². The van der Waals surface area contributed by atoms with Gasteiger partial charge < -0.3 is 40.8 Å². The Labute approximate surface area is 542 Å². The van der Waals surface area contributed by atoms with Crippen LogP contribution < -0.4 is 16.0 Å². The number of nitrogens with zero attached hydrogens (tertiary/aromatic N) is 18. The number of benzene rings is 3.